The molecule has 84 valence electrons. The van der Waals surface area contributed by atoms with E-state index >= 15 is 0 Å². The zero-order valence-electron chi connectivity index (χ0n) is 8.90. The summed E-state index contributed by atoms with van der Waals surface area (Å²) in [4.78, 5) is 9.81. The fourth-order valence-corrected chi connectivity index (χ4v) is 1.43. The van der Waals surface area contributed by atoms with E-state index in [1.165, 1.54) is 6.33 Å². The highest BCUT2D eigenvalue weighted by Crippen LogP contribution is 2.25. The zero-order valence-corrected chi connectivity index (χ0v) is 9.66. The average molecular weight is 231 g/mol. The van der Waals surface area contributed by atoms with Gasteiger partial charge in [-0.2, -0.15) is 0 Å². The van der Waals surface area contributed by atoms with Crippen molar-refractivity contribution in [2.75, 3.05) is 37.9 Å². The second kappa shape index (κ2) is 5.72. The van der Waals surface area contributed by atoms with Gasteiger partial charge in [-0.1, -0.05) is 11.6 Å². The van der Waals surface area contributed by atoms with E-state index in [4.69, 9.17) is 22.1 Å². The number of methoxy groups -OCH3 is 1. The Bertz CT molecular complexity index is 321. The van der Waals surface area contributed by atoms with Crippen LogP contribution in [-0.2, 0) is 4.74 Å². The molecule has 0 unspecified atom stereocenters. The van der Waals surface area contributed by atoms with Gasteiger partial charge in [0.1, 0.15) is 17.2 Å². The highest BCUT2D eigenvalue weighted by atomic mass is 35.5. The van der Waals surface area contributed by atoms with Crippen LogP contribution in [0.5, 0.6) is 0 Å². The van der Waals surface area contributed by atoms with Crippen LogP contribution in [0.1, 0.15) is 6.42 Å². The second-order valence-corrected chi connectivity index (χ2v) is 3.54. The first kappa shape index (κ1) is 12.0. The zero-order chi connectivity index (χ0) is 11.3. The molecule has 0 aliphatic rings. The first-order valence-corrected chi connectivity index (χ1v) is 5.00. The molecule has 0 spiro atoms. The highest BCUT2D eigenvalue weighted by molar-refractivity contribution is 6.35. The fraction of sp³-hybridized carbons (Fsp3) is 0.556. The van der Waals surface area contributed by atoms with Crippen LogP contribution in [0.3, 0.4) is 0 Å². The summed E-state index contributed by atoms with van der Waals surface area (Å²) in [5.74, 6) is 0.959. The van der Waals surface area contributed by atoms with Crippen molar-refractivity contribution in [3.63, 3.8) is 0 Å². The van der Waals surface area contributed by atoms with Gasteiger partial charge in [0.15, 0.2) is 5.82 Å². The molecule has 0 fully saturated rings. The number of aromatic nitrogens is 2. The van der Waals surface area contributed by atoms with E-state index in [2.05, 4.69) is 9.97 Å². The van der Waals surface area contributed by atoms with Gasteiger partial charge < -0.3 is 15.4 Å². The molecule has 1 aromatic heterocycles. The van der Waals surface area contributed by atoms with Gasteiger partial charge in [0.25, 0.3) is 0 Å². The van der Waals surface area contributed by atoms with Crippen molar-refractivity contribution in [3.8, 4) is 0 Å². The van der Waals surface area contributed by atoms with E-state index in [0.717, 1.165) is 13.0 Å². The maximum absolute atomic E-state index is 5.98. The Morgan fingerprint density at radius 2 is 2.27 bits per heavy atom. The summed E-state index contributed by atoms with van der Waals surface area (Å²) in [6.07, 6.45) is 2.32. The maximum atomic E-state index is 5.98. The topological polar surface area (TPSA) is 64.3 Å². The molecule has 0 atom stereocenters. The Balaban J connectivity index is 2.65. The van der Waals surface area contributed by atoms with Crippen molar-refractivity contribution in [3.05, 3.63) is 11.3 Å². The monoisotopic (exact) mass is 230 g/mol. The first-order valence-electron chi connectivity index (χ1n) is 4.63. The molecule has 0 bridgehead atoms. The Labute approximate surface area is 94.2 Å². The van der Waals surface area contributed by atoms with Gasteiger partial charge in [-0.3, -0.25) is 0 Å². The van der Waals surface area contributed by atoms with Gasteiger partial charge in [-0.05, 0) is 6.42 Å². The largest absolute Gasteiger partial charge is 0.385 e. The predicted molar refractivity (Wildman–Crippen MR) is 61.2 cm³/mol. The number of hydrogen-bond donors (Lipinski definition) is 1. The summed E-state index contributed by atoms with van der Waals surface area (Å²) in [5, 5.41) is 0.400. The number of ether oxygens (including phenoxy) is 1. The van der Waals surface area contributed by atoms with Crippen molar-refractivity contribution < 1.29 is 4.74 Å². The van der Waals surface area contributed by atoms with Crippen molar-refractivity contribution in [1.29, 1.82) is 0 Å². The standard InChI is InChI=1S/C9H15ClN4O/c1-14(4-3-5-15-2)9-7(10)8(11)12-6-13-9/h6H,3-5H2,1-2H3,(H2,11,12,13). The minimum Gasteiger partial charge on any atom is -0.385 e. The number of nitrogen functional groups attached to an aromatic ring is 1. The fourth-order valence-electron chi connectivity index (χ4n) is 1.19. The van der Waals surface area contributed by atoms with Crippen LogP contribution in [0, 0.1) is 0 Å². The van der Waals surface area contributed by atoms with E-state index < -0.39 is 0 Å². The lowest BCUT2D eigenvalue weighted by molar-refractivity contribution is 0.196. The number of halogens is 1. The summed E-state index contributed by atoms with van der Waals surface area (Å²) in [6, 6.07) is 0. The average Bonchev–Trinajstić information content (AvgIpc) is 2.22. The molecule has 0 amide bonds. The molecule has 0 aliphatic heterocycles. The van der Waals surface area contributed by atoms with E-state index in [9.17, 15) is 0 Å². The normalized spacial score (nSPS) is 10.3. The molecule has 15 heavy (non-hydrogen) atoms. The molecule has 0 radical (unpaired) electrons. The third-order valence-corrected chi connectivity index (χ3v) is 2.36. The Morgan fingerprint density at radius 1 is 1.53 bits per heavy atom. The van der Waals surface area contributed by atoms with Gasteiger partial charge in [0.2, 0.25) is 0 Å². The second-order valence-electron chi connectivity index (χ2n) is 3.16. The van der Waals surface area contributed by atoms with Crippen molar-refractivity contribution in [2.45, 2.75) is 6.42 Å². The molecule has 1 rings (SSSR count). The number of hydrogen-bond acceptors (Lipinski definition) is 5. The quantitative estimate of drug-likeness (QED) is 0.770. The third kappa shape index (κ3) is 3.21. The summed E-state index contributed by atoms with van der Waals surface area (Å²) < 4.78 is 4.96. The summed E-state index contributed by atoms with van der Waals surface area (Å²) in [6.45, 7) is 1.52. The molecule has 0 aromatic carbocycles. The Morgan fingerprint density at radius 3 is 2.93 bits per heavy atom. The molecule has 6 heteroatoms. The number of anilines is 2. The van der Waals surface area contributed by atoms with Crippen LogP contribution < -0.4 is 10.6 Å². The summed E-state index contributed by atoms with van der Waals surface area (Å²) in [5.41, 5.74) is 5.58. The Kier molecular flexibility index (Phi) is 4.58. The lowest BCUT2D eigenvalue weighted by Gasteiger charge is -2.19. The van der Waals surface area contributed by atoms with Crippen LogP contribution in [0.15, 0.2) is 6.33 Å². The lowest BCUT2D eigenvalue weighted by atomic mass is 10.4. The molecule has 1 aromatic rings. The van der Waals surface area contributed by atoms with E-state index in [-0.39, 0.29) is 0 Å². The molecular formula is C9H15ClN4O. The van der Waals surface area contributed by atoms with E-state index in [1.54, 1.807) is 7.11 Å². The minimum atomic E-state index is 0.306. The molecule has 0 saturated carbocycles. The van der Waals surface area contributed by atoms with Crippen LogP contribution in [-0.4, -0.2) is 37.3 Å². The molecule has 2 N–H and O–H groups in total. The van der Waals surface area contributed by atoms with Crippen LogP contribution in [0.25, 0.3) is 0 Å². The van der Waals surface area contributed by atoms with Crippen molar-refractivity contribution in [2.24, 2.45) is 0 Å². The molecule has 5 nitrogen and oxygen atoms in total. The third-order valence-electron chi connectivity index (χ3n) is 2.00. The van der Waals surface area contributed by atoms with Crippen LogP contribution >= 0.6 is 11.6 Å². The molecule has 1 heterocycles. The van der Waals surface area contributed by atoms with Gasteiger partial charge in [0, 0.05) is 27.3 Å². The molecule has 0 aliphatic carbocycles. The van der Waals surface area contributed by atoms with E-state index in [0.29, 0.717) is 23.3 Å². The van der Waals surface area contributed by atoms with Crippen molar-refractivity contribution >= 4 is 23.2 Å². The van der Waals surface area contributed by atoms with Crippen LogP contribution in [0.4, 0.5) is 11.6 Å². The van der Waals surface area contributed by atoms with Gasteiger partial charge in [-0.15, -0.1) is 0 Å². The summed E-state index contributed by atoms with van der Waals surface area (Å²) >= 11 is 5.98. The number of nitrogens with zero attached hydrogens (tertiary/aromatic N) is 3. The van der Waals surface area contributed by atoms with Gasteiger partial charge >= 0.3 is 0 Å². The van der Waals surface area contributed by atoms with Crippen molar-refractivity contribution in [1.82, 2.24) is 9.97 Å². The smallest absolute Gasteiger partial charge is 0.152 e. The SMILES string of the molecule is COCCCN(C)c1ncnc(N)c1Cl. The predicted octanol–water partition coefficient (Wildman–Crippen LogP) is 1.18. The van der Waals surface area contributed by atoms with Gasteiger partial charge in [0.05, 0.1) is 0 Å². The minimum absolute atomic E-state index is 0.306. The van der Waals surface area contributed by atoms with Gasteiger partial charge in [-0.25, -0.2) is 9.97 Å². The number of rotatable bonds is 5. The highest BCUT2D eigenvalue weighted by Gasteiger charge is 2.10. The van der Waals surface area contributed by atoms with E-state index in [1.807, 2.05) is 11.9 Å². The first-order chi connectivity index (χ1) is 7.16. The van der Waals surface area contributed by atoms with Crippen LogP contribution in [0.2, 0.25) is 5.02 Å². The maximum Gasteiger partial charge on any atom is 0.152 e. The molecule has 0 saturated heterocycles. The molecular weight excluding hydrogens is 216 g/mol. The Hall–Kier alpha value is -1.07. The lowest BCUT2D eigenvalue weighted by Crippen LogP contribution is -2.21. The number of nitrogens with two attached hydrogens (primary N) is 1. The summed E-state index contributed by atoms with van der Waals surface area (Å²) in [7, 11) is 3.58.